The summed E-state index contributed by atoms with van der Waals surface area (Å²) in [6.45, 7) is 4.67. The van der Waals surface area contributed by atoms with Crippen molar-refractivity contribution < 1.29 is 13.9 Å². The fourth-order valence-electron chi connectivity index (χ4n) is 2.92. The second kappa shape index (κ2) is 6.08. The van der Waals surface area contributed by atoms with Crippen LogP contribution in [0.3, 0.4) is 0 Å². The summed E-state index contributed by atoms with van der Waals surface area (Å²) in [5, 5.41) is 6.65. The van der Waals surface area contributed by atoms with Gasteiger partial charge in [-0.2, -0.15) is 0 Å². The van der Waals surface area contributed by atoms with Gasteiger partial charge < -0.3 is 20.1 Å². The Balaban J connectivity index is 1.52. The van der Waals surface area contributed by atoms with Crippen LogP contribution in [0, 0.1) is 11.7 Å². The summed E-state index contributed by atoms with van der Waals surface area (Å²) in [6.07, 6.45) is 0.975. The van der Waals surface area contributed by atoms with Gasteiger partial charge in [0.25, 0.3) is 0 Å². The van der Waals surface area contributed by atoms with Gasteiger partial charge in [-0.15, -0.1) is 0 Å². The van der Waals surface area contributed by atoms with E-state index in [1.165, 1.54) is 12.1 Å². The van der Waals surface area contributed by atoms with Crippen LogP contribution < -0.4 is 10.6 Å². The van der Waals surface area contributed by atoms with E-state index in [0.717, 1.165) is 45.0 Å². The van der Waals surface area contributed by atoms with Crippen LogP contribution in [-0.4, -0.2) is 45.1 Å². The van der Waals surface area contributed by atoms with Crippen LogP contribution in [-0.2, 0) is 9.47 Å². The Bertz CT molecular complexity index is 447. The number of anilines is 1. The molecular weight excluding hydrogens is 259 g/mol. The summed E-state index contributed by atoms with van der Waals surface area (Å²) in [4.78, 5) is 0. The molecule has 0 radical (unpaired) electrons. The molecule has 2 atom stereocenters. The fourth-order valence-corrected chi connectivity index (χ4v) is 2.92. The summed E-state index contributed by atoms with van der Waals surface area (Å²) >= 11 is 0. The van der Waals surface area contributed by atoms with Gasteiger partial charge in [0, 0.05) is 31.2 Å². The van der Waals surface area contributed by atoms with Crippen molar-refractivity contribution in [1.29, 1.82) is 0 Å². The van der Waals surface area contributed by atoms with E-state index in [4.69, 9.17) is 9.47 Å². The van der Waals surface area contributed by atoms with Gasteiger partial charge in [-0.1, -0.05) is 6.07 Å². The van der Waals surface area contributed by atoms with E-state index in [1.54, 1.807) is 6.07 Å². The lowest BCUT2D eigenvalue weighted by Crippen LogP contribution is -2.42. The zero-order valence-electron chi connectivity index (χ0n) is 11.5. The molecule has 3 rings (SSSR count). The molecule has 110 valence electrons. The number of nitrogens with one attached hydrogen (secondary N) is 2. The van der Waals surface area contributed by atoms with Crippen molar-refractivity contribution in [3.8, 4) is 0 Å². The number of rotatable bonds is 3. The first-order valence-corrected chi connectivity index (χ1v) is 7.18. The molecular formula is C15H21FN2O2. The van der Waals surface area contributed by atoms with Crippen LogP contribution in [0.2, 0.25) is 0 Å². The minimum atomic E-state index is -0.212. The molecule has 5 heteroatoms. The number of hydrogen-bond acceptors (Lipinski definition) is 4. The van der Waals surface area contributed by atoms with Crippen LogP contribution in [0.15, 0.2) is 24.3 Å². The number of benzene rings is 1. The zero-order valence-corrected chi connectivity index (χ0v) is 11.5. The van der Waals surface area contributed by atoms with E-state index in [-0.39, 0.29) is 11.4 Å². The molecule has 0 unspecified atom stereocenters. The topological polar surface area (TPSA) is 42.5 Å². The summed E-state index contributed by atoms with van der Waals surface area (Å²) in [6, 6.07) is 6.56. The smallest absolute Gasteiger partial charge is 0.125 e. The highest BCUT2D eigenvalue weighted by Gasteiger charge is 2.41. The molecule has 4 nitrogen and oxygen atoms in total. The van der Waals surface area contributed by atoms with Crippen molar-refractivity contribution in [2.24, 2.45) is 5.92 Å². The molecule has 2 N–H and O–H groups in total. The van der Waals surface area contributed by atoms with Gasteiger partial charge in [-0.25, -0.2) is 4.39 Å². The Morgan fingerprint density at radius 2 is 2.40 bits per heavy atom. The molecule has 20 heavy (non-hydrogen) atoms. The molecule has 2 aliphatic heterocycles. The van der Waals surface area contributed by atoms with Crippen molar-refractivity contribution in [1.82, 2.24) is 5.32 Å². The first-order valence-electron chi connectivity index (χ1n) is 7.18. The monoisotopic (exact) mass is 280 g/mol. The van der Waals surface area contributed by atoms with Gasteiger partial charge in [0.1, 0.15) is 11.4 Å². The van der Waals surface area contributed by atoms with Crippen molar-refractivity contribution in [3.63, 3.8) is 0 Å². The Hall–Kier alpha value is -1.17. The van der Waals surface area contributed by atoms with Gasteiger partial charge in [0.05, 0.1) is 19.8 Å². The van der Waals surface area contributed by atoms with Crippen molar-refractivity contribution in [2.75, 3.05) is 44.8 Å². The first kappa shape index (κ1) is 13.8. The number of halogens is 1. The molecule has 2 heterocycles. The van der Waals surface area contributed by atoms with Crippen molar-refractivity contribution in [2.45, 2.75) is 12.0 Å². The highest BCUT2D eigenvalue weighted by Crippen LogP contribution is 2.31. The molecule has 2 saturated heterocycles. The average Bonchev–Trinajstić information content (AvgIpc) is 2.69. The lowest BCUT2D eigenvalue weighted by molar-refractivity contribution is -0.0471. The maximum absolute atomic E-state index is 13.1. The quantitative estimate of drug-likeness (QED) is 0.883. The third kappa shape index (κ3) is 3.29. The normalized spacial score (nSPS) is 30.4. The summed E-state index contributed by atoms with van der Waals surface area (Å²) < 4.78 is 24.7. The molecule has 0 aromatic heterocycles. The highest BCUT2D eigenvalue weighted by atomic mass is 19.1. The summed E-state index contributed by atoms with van der Waals surface area (Å²) in [7, 11) is 0. The largest absolute Gasteiger partial charge is 0.385 e. The average molecular weight is 280 g/mol. The van der Waals surface area contributed by atoms with E-state index in [2.05, 4.69) is 10.6 Å². The van der Waals surface area contributed by atoms with E-state index in [9.17, 15) is 4.39 Å². The van der Waals surface area contributed by atoms with Gasteiger partial charge in [-0.3, -0.25) is 0 Å². The Kier molecular flexibility index (Phi) is 4.19. The molecule has 1 spiro atoms. The molecule has 0 aliphatic carbocycles. The molecule has 0 saturated carbocycles. The van der Waals surface area contributed by atoms with Crippen LogP contribution in [0.4, 0.5) is 10.1 Å². The second-order valence-electron chi connectivity index (χ2n) is 5.68. The van der Waals surface area contributed by atoms with Gasteiger partial charge in [-0.05, 0) is 24.6 Å². The van der Waals surface area contributed by atoms with Crippen LogP contribution in [0.25, 0.3) is 0 Å². The minimum absolute atomic E-state index is 0.176. The SMILES string of the molecule is Fc1cccc(NC[C@@H]2CO[C@]3(CNCCOC3)C2)c1. The van der Waals surface area contributed by atoms with E-state index < -0.39 is 0 Å². The summed E-state index contributed by atoms with van der Waals surface area (Å²) in [5.41, 5.74) is 0.645. The van der Waals surface area contributed by atoms with Gasteiger partial charge in [0.2, 0.25) is 0 Å². The number of ether oxygens (including phenoxy) is 2. The second-order valence-corrected chi connectivity index (χ2v) is 5.68. The Labute approximate surface area is 118 Å². The van der Waals surface area contributed by atoms with Gasteiger partial charge >= 0.3 is 0 Å². The Morgan fingerprint density at radius 1 is 1.45 bits per heavy atom. The molecule has 1 aromatic carbocycles. The molecule has 2 aliphatic rings. The standard InChI is InChI=1S/C15H21FN2O2/c16-13-2-1-3-14(6-13)18-8-12-7-15(20-9-12)10-17-4-5-19-11-15/h1-3,6,12,17-18H,4-5,7-11H2/t12-,15+/m1/s1. The van der Waals surface area contributed by atoms with E-state index >= 15 is 0 Å². The third-order valence-electron chi connectivity index (χ3n) is 3.94. The van der Waals surface area contributed by atoms with Crippen molar-refractivity contribution >= 4 is 5.69 Å². The maximum Gasteiger partial charge on any atom is 0.125 e. The van der Waals surface area contributed by atoms with Crippen LogP contribution in [0.1, 0.15) is 6.42 Å². The minimum Gasteiger partial charge on any atom is -0.385 e. The third-order valence-corrected chi connectivity index (χ3v) is 3.94. The van der Waals surface area contributed by atoms with Gasteiger partial charge in [0.15, 0.2) is 0 Å². The predicted octanol–water partition coefficient (Wildman–Crippen LogP) is 1.63. The maximum atomic E-state index is 13.1. The highest BCUT2D eigenvalue weighted by molar-refractivity contribution is 5.43. The van der Waals surface area contributed by atoms with Crippen LogP contribution >= 0.6 is 0 Å². The molecule has 0 amide bonds. The zero-order chi connectivity index (χ0) is 13.8. The van der Waals surface area contributed by atoms with E-state index in [1.807, 2.05) is 6.07 Å². The molecule has 0 bridgehead atoms. The summed E-state index contributed by atoms with van der Waals surface area (Å²) in [5.74, 6) is 0.220. The van der Waals surface area contributed by atoms with Crippen LogP contribution in [0.5, 0.6) is 0 Å². The molecule has 2 fully saturated rings. The lowest BCUT2D eigenvalue weighted by atomic mass is 9.94. The Morgan fingerprint density at radius 3 is 3.30 bits per heavy atom. The fraction of sp³-hybridized carbons (Fsp3) is 0.600. The number of hydrogen-bond donors (Lipinski definition) is 2. The predicted molar refractivity (Wildman–Crippen MR) is 75.4 cm³/mol. The van der Waals surface area contributed by atoms with E-state index in [0.29, 0.717) is 12.5 Å². The van der Waals surface area contributed by atoms with Crippen molar-refractivity contribution in [3.05, 3.63) is 30.1 Å². The first-order chi connectivity index (χ1) is 9.76. The molecule has 1 aromatic rings. The lowest BCUT2D eigenvalue weighted by Gasteiger charge is -2.25.